The Morgan fingerprint density at radius 3 is 2.33 bits per heavy atom. The molecule has 0 heterocycles. The number of aryl methyl sites for hydroxylation is 2. The van der Waals surface area contributed by atoms with Crippen LogP contribution in [0.15, 0.2) is 42.5 Å². The molecule has 2 amide bonds. The van der Waals surface area contributed by atoms with Gasteiger partial charge in [-0.2, -0.15) is 13.2 Å². The van der Waals surface area contributed by atoms with Crippen molar-refractivity contribution in [3.05, 3.63) is 59.2 Å². The van der Waals surface area contributed by atoms with E-state index >= 15 is 0 Å². The van der Waals surface area contributed by atoms with Gasteiger partial charge in [0.1, 0.15) is 0 Å². The SMILES string of the molecule is CC(=O)N(CCC(=O)Nc1cccc(C(F)(F)F)c1)c1ccc(C)c(C)c1. The minimum absolute atomic E-state index is 0.0389. The molecule has 0 aliphatic heterocycles. The molecule has 2 aromatic carbocycles. The van der Waals surface area contributed by atoms with Crippen molar-refractivity contribution in [1.82, 2.24) is 0 Å². The smallest absolute Gasteiger partial charge is 0.326 e. The van der Waals surface area contributed by atoms with Crippen molar-refractivity contribution in [2.45, 2.75) is 33.4 Å². The second kappa shape index (κ2) is 8.24. The van der Waals surface area contributed by atoms with Crippen molar-refractivity contribution in [3.8, 4) is 0 Å². The Morgan fingerprint density at radius 1 is 1.04 bits per heavy atom. The normalized spacial score (nSPS) is 11.2. The first-order valence-corrected chi connectivity index (χ1v) is 8.40. The summed E-state index contributed by atoms with van der Waals surface area (Å²) in [5.74, 6) is -0.686. The van der Waals surface area contributed by atoms with Crippen LogP contribution in [-0.2, 0) is 15.8 Å². The van der Waals surface area contributed by atoms with Gasteiger partial charge in [0.15, 0.2) is 0 Å². The van der Waals surface area contributed by atoms with Crippen molar-refractivity contribution in [1.29, 1.82) is 0 Å². The lowest BCUT2D eigenvalue weighted by Gasteiger charge is -2.22. The molecule has 0 aliphatic carbocycles. The molecular weight excluding hydrogens is 357 g/mol. The summed E-state index contributed by atoms with van der Waals surface area (Å²) in [5, 5.41) is 2.44. The highest BCUT2D eigenvalue weighted by molar-refractivity contribution is 5.94. The van der Waals surface area contributed by atoms with E-state index in [1.807, 2.05) is 26.0 Å². The molecule has 0 aliphatic rings. The van der Waals surface area contributed by atoms with Crippen LogP contribution in [0, 0.1) is 13.8 Å². The van der Waals surface area contributed by atoms with Crippen LogP contribution in [0.2, 0.25) is 0 Å². The molecule has 27 heavy (non-hydrogen) atoms. The van der Waals surface area contributed by atoms with Crippen LogP contribution in [0.4, 0.5) is 24.5 Å². The van der Waals surface area contributed by atoms with Gasteiger partial charge < -0.3 is 10.2 Å². The zero-order valence-electron chi connectivity index (χ0n) is 15.4. The Bertz CT molecular complexity index is 847. The Balaban J connectivity index is 2.04. The maximum atomic E-state index is 12.7. The van der Waals surface area contributed by atoms with Gasteiger partial charge >= 0.3 is 6.18 Å². The summed E-state index contributed by atoms with van der Waals surface area (Å²) in [6, 6.07) is 9.99. The van der Waals surface area contributed by atoms with E-state index in [-0.39, 0.29) is 24.6 Å². The Morgan fingerprint density at radius 2 is 1.74 bits per heavy atom. The fourth-order valence-electron chi connectivity index (χ4n) is 2.57. The molecule has 0 saturated heterocycles. The summed E-state index contributed by atoms with van der Waals surface area (Å²) in [4.78, 5) is 25.5. The second-order valence-electron chi connectivity index (χ2n) is 6.32. The maximum absolute atomic E-state index is 12.7. The monoisotopic (exact) mass is 378 g/mol. The van der Waals surface area contributed by atoms with Crippen LogP contribution >= 0.6 is 0 Å². The van der Waals surface area contributed by atoms with E-state index in [4.69, 9.17) is 0 Å². The molecule has 1 N–H and O–H groups in total. The molecule has 0 bridgehead atoms. The molecule has 4 nitrogen and oxygen atoms in total. The van der Waals surface area contributed by atoms with Crippen LogP contribution in [0.1, 0.15) is 30.0 Å². The van der Waals surface area contributed by atoms with E-state index in [0.717, 1.165) is 23.3 Å². The lowest BCUT2D eigenvalue weighted by molar-refractivity contribution is -0.137. The van der Waals surface area contributed by atoms with Crippen LogP contribution in [-0.4, -0.2) is 18.4 Å². The van der Waals surface area contributed by atoms with Gasteiger partial charge in [-0.1, -0.05) is 12.1 Å². The van der Waals surface area contributed by atoms with Crippen molar-refractivity contribution < 1.29 is 22.8 Å². The maximum Gasteiger partial charge on any atom is 0.416 e. The number of carbonyl (C=O) groups excluding carboxylic acids is 2. The van der Waals surface area contributed by atoms with Gasteiger partial charge in [-0.25, -0.2) is 0 Å². The first-order valence-electron chi connectivity index (χ1n) is 8.40. The highest BCUT2D eigenvalue weighted by atomic mass is 19.4. The molecule has 7 heteroatoms. The molecular formula is C20H21F3N2O2. The number of amides is 2. The van der Waals surface area contributed by atoms with Crippen LogP contribution in [0.3, 0.4) is 0 Å². The van der Waals surface area contributed by atoms with Gasteiger partial charge in [-0.3, -0.25) is 9.59 Å². The predicted octanol–water partition coefficient (Wildman–Crippen LogP) is 4.70. The van der Waals surface area contributed by atoms with Crippen molar-refractivity contribution in [3.63, 3.8) is 0 Å². The molecule has 144 valence electrons. The number of hydrogen-bond acceptors (Lipinski definition) is 2. The van der Waals surface area contributed by atoms with Gasteiger partial charge in [0.05, 0.1) is 5.56 Å². The Kier molecular flexibility index (Phi) is 6.25. The van der Waals surface area contributed by atoms with Gasteiger partial charge in [-0.15, -0.1) is 0 Å². The first kappa shape index (κ1) is 20.5. The average Bonchev–Trinajstić information content (AvgIpc) is 2.57. The van der Waals surface area contributed by atoms with E-state index < -0.39 is 17.6 Å². The zero-order valence-corrected chi connectivity index (χ0v) is 15.4. The summed E-state index contributed by atoms with van der Waals surface area (Å²) < 4.78 is 38.2. The van der Waals surface area contributed by atoms with Crippen molar-refractivity contribution >= 4 is 23.2 Å². The third kappa shape index (κ3) is 5.57. The molecule has 0 atom stereocenters. The lowest BCUT2D eigenvalue weighted by atomic mass is 10.1. The van der Waals surface area contributed by atoms with Gasteiger partial charge in [0.25, 0.3) is 0 Å². The van der Waals surface area contributed by atoms with E-state index in [0.29, 0.717) is 5.69 Å². The van der Waals surface area contributed by atoms with Crippen LogP contribution in [0.5, 0.6) is 0 Å². The largest absolute Gasteiger partial charge is 0.416 e. The van der Waals surface area contributed by atoms with E-state index in [1.165, 1.54) is 24.0 Å². The van der Waals surface area contributed by atoms with E-state index in [9.17, 15) is 22.8 Å². The predicted molar refractivity (Wildman–Crippen MR) is 98.6 cm³/mol. The fraction of sp³-hybridized carbons (Fsp3) is 0.300. The second-order valence-corrected chi connectivity index (χ2v) is 6.32. The quantitative estimate of drug-likeness (QED) is 0.820. The average molecular weight is 378 g/mol. The standard InChI is InChI=1S/C20H21F3N2O2/c1-13-7-8-18(11-14(13)2)25(15(3)26)10-9-19(27)24-17-6-4-5-16(12-17)20(21,22)23/h4-8,11-12H,9-10H2,1-3H3,(H,24,27). The van der Waals surface area contributed by atoms with Gasteiger partial charge in [0, 0.05) is 31.3 Å². The molecule has 2 rings (SSSR count). The number of anilines is 2. The number of hydrogen-bond donors (Lipinski definition) is 1. The Labute approximate surface area is 156 Å². The third-order valence-electron chi connectivity index (χ3n) is 4.22. The Hall–Kier alpha value is -2.83. The summed E-state index contributed by atoms with van der Waals surface area (Å²) >= 11 is 0. The molecule has 0 spiro atoms. The van der Waals surface area contributed by atoms with E-state index in [2.05, 4.69) is 5.32 Å². The van der Waals surface area contributed by atoms with Crippen molar-refractivity contribution in [2.75, 3.05) is 16.8 Å². The molecule has 2 aromatic rings. The molecule has 0 aromatic heterocycles. The number of halogens is 3. The van der Waals surface area contributed by atoms with Crippen molar-refractivity contribution in [2.24, 2.45) is 0 Å². The zero-order chi connectivity index (χ0) is 20.2. The first-order chi connectivity index (χ1) is 12.6. The highest BCUT2D eigenvalue weighted by Gasteiger charge is 2.30. The number of alkyl halides is 3. The lowest BCUT2D eigenvalue weighted by Crippen LogP contribution is -2.32. The number of carbonyl (C=O) groups is 2. The van der Waals surface area contributed by atoms with Crippen LogP contribution < -0.4 is 10.2 Å². The van der Waals surface area contributed by atoms with Crippen LogP contribution in [0.25, 0.3) is 0 Å². The topological polar surface area (TPSA) is 49.4 Å². The minimum Gasteiger partial charge on any atom is -0.326 e. The van der Waals surface area contributed by atoms with Gasteiger partial charge in [0.2, 0.25) is 11.8 Å². The third-order valence-corrected chi connectivity index (χ3v) is 4.22. The summed E-state index contributed by atoms with van der Waals surface area (Å²) in [5.41, 5.74) is 2.02. The fourth-order valence-corrected chi connectivity index (χ4v) is 2.57. The molecule has 0 radical (unpaired) electrons. The molecule has 0 saturated carbocycles. The number of nitrogens with zero attached hydrogens (tertiary/aromatic N) is 1. The summed E-state index contributed by atoms with van der Waals surface area (Å²) in [6.07, 6.45) is -4.52. The van der Waals surface area contributed by atoms with E-state index in [1.54, 1.807) is 6.07 Å². The highest BCUT2D eigenvalue weighted by Crippen LogP contribution is 2.30. The summed E-state index contributed by atoms with van der Waals surface area (Å²) in [6.45, 7) is 5.42. The van der Waals surface area contributed by atoms with Gasteiger partial charge in [-0.05, 0) is 55.3 Å². The number of rotatable bonds is 5. The summed E-state index contributed by atoms with van der Waals surface area (Å²) in [7, 11) is 0. The molecule has 0 fully saturated rings. The number of benzene rings is 2. The minimum atomic E-state index is -4.48. The molecule has 0 unspecified atom stereocenters. The number of nitrogens with one attached hydrogen (secondary N) is 1.